The summed E-state index contributed by atoms with van der Waals surface area (Å²) in [5.74, 6) is -1.25. The van der Waals surface area contributed by atoms with Gasteiger partial charge in [-0.25, -0.2) is 4.98 Å². The molecule has 6 rings (SSSR count). The first-order chi connectivity index (χ1) is 21.3. The number of alkyl halides is 3. The van der Waals surface area contributed by atoms with E-state index >= 15 is 0 Å². The van der Waals surface area contributed by atoms with Crippen molar-refractivity contribution in [2.75, 3.05) is 0 Å². The number of carbonyl (C=O) groups is 1. The molecule has 0 fully saturated rings. The standard InChI is InChI=1S/C31H23F3N6O4/c32-31(33,34)24-25(20-9-5-2-6-10-20)38-43-27(24)30-37-28(39-44-30)22-13-11-21(12-14-22)26(41)29(42)36-17-23-35-15-16-40(23)18-19-7-3-1-4-8-19/h1-16,26,41H,17-18H2,(H,36,42). The molecule has 0 spiro atoms. The summed E-state index contributed by atoms with van der Waals surface area (Å²) in [5, 5.41) is 20.7. The number of halogens is 3. The molecule has 0 aliphatic carbocycles. The maximum atomic E-state index is 14.0. The minimum absolute atomic E-state index is 0.0264. The monoisotopic (exact) mass is 600 g/mol. The molecule has 44 heavy (non-hydrogen) atoms. The van der Waals surface area contributed by atoms with Crippen molar-refractivity contribution >= 4 is 5.91 Å². The summed E-state index contributed by atoms with van der Waals surface area (Å²) in [5.41, 5.74) is 0.409. The van der Waals surface area contributed by atoms with Gasteiger partial charge in [-0.1, -0.05) is 95.2 Å². The van der Waals surface area contributed by atoms with Gasteiger partial charge in [0.25, 0.3) is 11.8 Å². The number of imidazole rings is 1. The Hall–Kier alpha value is -5.56. The smallest absolute Gasteiger partial charge is 0.378 e. The molecule has 0 radical (unpaired) electrons. The minimum Gasteiger partial charge on any atom is -0.378 e. The van der Waals surface area contributed by atoms with Crippen LogP contribution in [0.15, 0.2) is 106 Å². The highest BCUT2D eigenvalue weighted by molar-refractivity contribution is 5.82. The Kier molecular flexibility index (Phi) is 7.77. The maximum absolute atomic E-state index is 14.0. The Morgan fingerprint density at radius 1 is 0.909 bits per heavy atom. The second kappa shape index (κ2) is 12.0. The van der Waals surface area contributed by atoms with Crippen LogP contribution in [0, 0.1) is 0 Å². The molecule has 0 saturated heterocycles. The second-order valence-electron chi connectivity index (χ2n) is 9.72. The van der Waals surface area contributed by atoms with Crippen LogP contribution in [0.1, 0.15) is 28.6 Å². The molecule has 1 unspecified atom stereocenters. The van der Waals surface area contributed by atoms with Crippen LogP contribution >= 0.6 is 0 Å². The summed E-state index contributed by atoms with van der Waals surface area (Å²) in [6, 6.07) is 23.6. The molecule has 3 heterocycles. The van der Waals surface area contributed by atoms with Crippen LogP contribution in [0.5, 0.6) is 0 Å². The molecule has 6 aromatic rings. The summed E-state index contributed by atoms with van der Waals surface area (Å²) in [6.07, 6.45) is -2.85. The zero-order valence-corrected chi connectivity index (χ0v) is 22.8. The van der Waals surface area contributed by atoms with E-state index in [1.54, 1.807) is 24.4 Å². The van der Waals surface area contributed by atoms with Crippen molar-refractivity contribution in [3.05, 3.63) is 120 Å². The van der Waals surface area contributed by atoms with Crippen LogP contribution in [-0.4, -0.2) is 35.9 Å². The molecule has 0 saturated carbocycles. The number of carbonyl (C=O) groups excluding carboxylic acids is 1. The van der Waals surface area contributed by atoms with E-state index in [1.807, 2.05) is 41.1 Å². The van der Waals surface area contributed by atoms with Gasteiger partial charge in [0.2, 0.25) is 11.6 Å². The first kappa shape index (κ1) is 28.6. The van der Waals surface area contributed by atoms with Crippen LogP contribution < -0.4 is 5.32 Å². The number of aromatic nitrogens is 5. The quantitative estimate of drug-likeness (QED) is 0.217. The lowest BCUT2D eigenvalue weighted by molar-refractivity contribution is -0.137. The Bertz CT molecular complexity index is 1870. The Morgan fingerprint density at radius 2 is 1.61 bits per heavy atom. The SMILES string of the molecule is O=C(NCc1nccn1Cc1ccccc1)C(O)c1ccc(-c2noc(-c3onc(-c4ccccc4)c3C(F)(F)F)n2)cc1. The van der Waals surface area contributed by atoms with E-state index in [1.165, 1.54) is 36.4 Å². The molecule has 0 aliphatic heterocycles. The molecule has 13 heteroatoms. The molecule has 0 bridgehead atoms. The second-order valence-corrected chi connectivity index (χ2v) is 9.72. The lowest BCUT2D eigenvalue weighted by Crippen LogP contribution is -2.30. The van der Waals surface area contributed by atoms with Gasteiger partial charge in [-0.15, -0.1) is 0 Å². The van der Waals surface area contributed by atoms with Gasteiger partial charge in [-0.3, -0.25) is 4.79 Å². The molecule has 0 aliphatic rings. The number of rotatable bonds is 9. The highest BCUT2D eigenvalue weighted by Crippen LogP contribution is 2.43. The van der Waals surface area contributed by atoms with Crippen molar-refractivity contribution in [3.63, 3.8) is 0 Å². The molecule has 222 valence electrons. The van der Waals surface area contributed by atoms with E-state index in [0.717, 1.165) is 5.56 Å². The number of benzene rings is 3. The van der Waals surface area contributed by atoms with E-state index in [0.29, 0.717) is 17.9 Å². The van der Waals surface area contributed by atoms with Crippen molar-refractivity contribution in [1.82, 2.24) is 30.2 Å². The van der Waals surface area contributed by atoms with Gasteiger partial charge in [0.05, 0.1) is 6.54 Å². The van der Waals surface area contributed by atoms with Crippen molar-refractivity contribution < 1.29 is 32.1 Å². The molecule has 2 N–H and O–H groups in total. The zero-order chi connectivity index (χ0) is 30.7. The van der Waals surface area contributed by atoms with Crippen molar-refractivity contribution in [2.24, 2.45) is 0 Å². The highest BCUT2D eigenvalue weighted by Gasteiger charge is 2.43. The molecule has 10 nitrogen and oxygen atoms in total. The number of nitrogens with one attached hydrogen (secondary N) is 1. The van der Waals surface area contributed by atoms with Gasteiger partial charge in [0.15, 0.2) is 6.10 Å². The Balaban J connectivity index is 1.14. The number of aliphatic hydroxyl groups excluding tert-OH is 1. The summed E-state index contributed by atoms with van der Waals surface area (Å²) in [4.78, 5) is 21.1. The normalized spacial score (nSPS) is 12.3. The first-order valence-electron chi connectivity index (χ1n) is 13.3. The lowest BCUT2D eigenvalue weighted by atomic mass is 10.1. The van der Waals surface area contributed by atoms with Crippen molar-refractivity contribution in [2.45, 2.75) is 25.4 Å². The summed E-state index contributed by atoms with van der Waals surface area (Å²) in [6.45, 7) is 0.684. The summed E-state index contributed by atoms with van der Waals surface area (Å²) < 4.78 is 54.1. The van der Waals surface area contributed by atoms with Gasteiger partial charge >= 0.3 is 6.18 Å². The Morgan fingerprint density at radius 3 is 2.32 bits per heavy atom. The largest absolute Gasteiger partial charge is 0.422 e. The first-order valence-corrected chi connectivity index (χ1v) is 13.3. The van der Waals surface area contributed by atoms with E-state index in [2.05, 4.69) is 25.6 Å². The molecular formula is C31H23F3N6O4. The third-order valence-corrected chi connectivity index (χ3v) is 6.79. The fourth-order valence-electron chi connectivity index (χ4n) is 4.59. The lowest BCUT2D eigenvalue weighted by Gasteiger charge is -2.13. The number of amides is 1. The Labute approximate surface area is 247 Å². The number of hydrogen-bond acceptors (Lipinski definition) is 8. The van der Waals surface area contributed by atoms with Crippen molar-refractivity contribution in [1.29, 1.82) is 0 Å². The fourth-order valence-corrected chi connectivity index (χ4v) is 4.59. The average Bonchev–Trinajstić information content (AvgIpc) is 3.80. The third kappa shape index (κ3) is 5.99. The van der Waals surface area contributed by atoms with Gasteiger partial charge < -0.3 is 24.0 Å². The van der Waals surface area contributed by atoms with Crippen LogP contribution in [0.4, 0.5) is 13.2 Å². The van der Waals surface area contributed by atoms with Gasteiger partial charge in [0.1, 0.15) is 17.1 Å². The van der Waals surface area contributed by atoms with E-state index in [-0.39, 0.29) is 23.5 Å². The van der Waals surface area contributed by atoms with Gasteiger partial charge in [-0.2, -0.15) is 18.2 Å². The van der Waals surface area contributed by atoms with Crippen LogP contribution in [0.2, 0.25) is 0 Å². The van der Waals surface area contributed by atoms with E-state index < -0.39 is 41.1 Å². The van der Waals surface area contributed by atoms with E-state index in [9.17, 15) is 23.1 Å². The molecule has 1 amide bonds. The molecule has 3 aromatic heterocycles. The summed E-state index contributed by atoms with van der Waals surface area (Å²) >= 11 is 0. The molecular weight excluding hydrogens is 577 g/mol. The molecule has 1 atom stereocenters. The van der Waals surface area contributed by atoms with Crippen molar-refractivity contribution in [3.8, 4) is 34.3 Å². The van der Waals surface area contributed by atoms with Crippen LogP contribution in [0.25, 0.3) is 34.3 Å². The van der Waals surface area contributed by atoms with Gasteiger partial charge in [-0.05, 0) is 11.1 Å². The number of hydrogen-bond donors (Lipinski definition) is 2. The fraction of sp³-hybridized carbons (Fsp3) is 0.129. The summed E-state index contributed by atoms with van der Waals surface area (Å²) in [7, 11) is 0. The number of nitrogens with zero attached hydrogens (tertiary/aromatic N) is 5. The maximum Gasteiger partial charge on any atom is 0.422 e. The van der Waals surface area contributed by atoms with Crippen LogP contribution in [-0.2, 0) is 24.1 Å². The predicted molar refractivity (Wildman–Crippen MR) is 150 cm³/mol. The van der Waals surface area contributed by atoms with Crippen LogP contribution in [0.3, 0.4) is 0 Å². The topological polar surface area (TPSA) is 132 Å². The number of aliphatic hydroxyl groups is 1. The third-order valence-electron chi connectivity index (χ3n) is 6.79. The highest BCUT2D eigenvalue weighted by atomic mass is 19.4. The minimum atomic E-state index is -4.81. The predicted octanol–water partition coefficient (Wildman–Crippen LogP) is 5.67. The van der Waals surface area contributed by atoms with E-state index in [4.69, 9.17) is 9.05 Å². The molecule has 3 aromatic carbocycles. The average molecular weight is 601 g/mol. The zero-order valence-electron chi connectivity index (χ0n) is 22.8. The van der Waals surface area contributed by atoms with Gasteiger partial charge in [0, 0.05) is 30.1 Å².